The van der Waals surface area contributed by atoms with Crippen molar-refractivity contribution in [2.75, 3.05) is 11.9 Å². The van der Waals surface area contributed by atoms with Crippen LogP contribution in [0, 0.1) is 12.8 Å². The Morgan fingerprint density at radius 1 is 1.44 bits per heavy atom. The zero-order valence-electron chi connectivity index (χ0n) is 11.6. The van der Waals surface area contributed by atoms with Gasteiger partial charge in [0.1, 0.15) is 0 Å². The van der Waals surface area contributed by atoms with Gasteiger partial charge in [-0.25, -0.2) is 0 Å². The summed E-state index contributed by atoms with van der Waals surface area (Å²) in [6.07, 6.45) is 0. The number of rotatable bonds is 5. The maximum absolute atomic E-state index is 11.4. The van der Waals surface area contributed by atoms with Crippen molar-refractivity contribution in [2.24, 2.45) is 17.4 Å². The molecule has 0 saturated heterocycles. The highest BCUT2D eigenvalue weighted by Crippen LogP contribution is 2.25. The molecular formula is C14H23N3O. The van der Waals surface area contributed by atoms with Gasteiger partial charge < -0.3 is 16.8 Å². The van der Waals surface area contributed by atoms with E-state index in [2.05, 4.69) is 19.2 Å². The molecule has 4 heteroatoms. The fourth-order valence-electron chi connectivity index (χ4n) is 1.72. The molecule has 18 heavy (non-hydrogen) atoms. The number of primary amides is 1. The normalized spacial score (nSPS) is 14.3. The first-order valence-electron chi connectivity index (χ1n) is 6.19. The lowest BCUT2D eigenvalue weighted by Gasteiger charge is -2.35. The van der Waals surface area contributed by atoms with Crippen molar-refractivity contribution in [3.63, 3.8) is 0 Å². The van der Waals surface area contributed by atoms with Gasteiger partial charge >= 0.3 is 0 Å². The van der Waals surface area contributed by atoms with Crippen molar-refractivity contribution < 1.29 is 4.79 Å². The first-order valence-corrected chi connectivity index (χ1v) is 6.19. The van der Waals surface area contributed by atoms with Crippen LogP contribution >= 0.6 is 0 Å². The van der Waals surface area contributed by atoms with E-state index in [1.54, 1.807) is 6.07 Å². The molecule has 0 saturated carbocycles. The molecule has 0 heterocycles. The fraction of sp³-hybridized carbons (Fsp3) is 0.500. The van der Waals surface area contributed by atoms with Crippen LogP contribution in [0.2, 0.25) is 0 Å². The van der Waals surface area contributed by atoms with Crippen molar-refractivity contribution in [2.45, 2.75) is 33.2 Å². The molecule has 1 atom stereocenters. The van der Waals surface area contributed by atoms with Gasteiger partial charge in [0, 0.05) is 17.8 Å². The van der Waals surface area contributed by atoms with E-state index in [1.165, 1.54) is 0 Å². The number of amides is 1. The first kappa shape index (κ1) is 14.5. The third kappa shape index (κ3) is 3.01. The van der Waals surface area contributed by atoms with E-state index in [1.807, 2.05) is 26.0 Å². The van der Waals surface area contributed by atoms with Crippen LogP contribution in [-0.2, 0) is 0 Å². The zero-order chi connectivity index (χ0) is 13.9. The van der Waals surface area contributed by atoms with Gasteiger partial charge in [-0.2, -0.15) is 0 Å². The highest BCUT2D eigenvalue weighted by Gasteiger charge is 2.27. The lowest BCUT2D eigenvalue weighted by Crippen LogP contribution is -2.47. The molecule has 1 unspecified atom stereocenters. The minimum atomic E-state index is -0.430. The van der Waals surface area contributed by atoms with Gasteiger partial charge in [0.2, 0.25) is 0 Å². The number of benzene rings is 1. The summed E-state index contributed by atoms with van der Waals surface area (Å²) in [5.74, 6) is -0.0932. The van der Waals surface area contributed by atoms with Crippen LogP contribution in [0.1, 0.15) is 36.7 Å². The van der Waals surface area contributed by atoms with Gasteiger partial charge in [-0.1, -0.05) is 19.9 Å². The molecular weight excluding hydrogens is 226 g/mol. The van der Waals surface area contributed by atoms with E-state index in [0.29, 0.717) is 18.0 Å². The molecule has 0 spiro atoms. The fourth-order valence-corrected chi connectivity index (χ4v) is 1.72. The maximum Gasteiger partial charge on any atom is 0.250 e. The number of hydrogen-bond donors (Lipinski definition) is 3. The largest absolute Gasteiger partial charge is 0.378 e. The van der Waals surface area contributed by atoms with Gasteiger partial charge in [0.25, 0.3) is 5.91 Å². The number of carbonyl (C=O) groups excluding carboxylic acids is 1. The Labute approximate surface area is 109 Å². The molecule has 1 aromatic rings. The smallest absolute Gasteiger partial charge is 0.250 e. The molecule has 0 aromatic heterocycles. The number of hydrogen-bond acceptors (Lipinski definition) is 3. The predicted molar refractivity (Wildman–Crippen MR) is 75.6 cm³/mol. The molecule has 1 amide bonds. The summed E-state index contributed by atoms with van der Waals surface area (Å²) in [5, 5.41) is 3.37. The molecule has 4 nitrogen and oxygen atoms in total. The summed E-state index contributed by atoms with van der Waals surface area (Å²) in [6, 6.07) is 5.55. The summed E-state index contributed by atoms with van der Waals surface area (Å²) in [6.45, 7) is 8.70. The summed E-state index contributed by atoms with van der Waals surface area (Å²) >= 11 is 0. The molecule has 0 fully saturated rings. The second kappa shape index (κ2) is 5.40. The van der Waals surface area contributed by atoms with Crippen molar-refractivity contribution in [3.05, 3.63) is 29.3 Å². The molecule has 5 N–H and O–H groups in total. The van der Waals surface area contributed by atoms with Gasteiger partial charge in [-0.3, -0.25) is 4.79 Å². The second-order valence-corrected chi connectivity index (χ2v) is 5.31. The Bertz CT molecular complexity index is 443. The minimum Gasteiger partial charge on any atom is -0.378 e. The summed E-state index contributed by atoms with van der Waals surface area (Å²) in [5.41, 5.74) is 13.3. The summed E-state index contributed by atoms with van der Waals surface area (Å²) < 4.78 is 0. The summed E-state index contributed by atoms with van der Waals surface area (Å²) in [7, 11) is 0. The van der Waals surface area contributed by atoms with Crippen LogP contribution in [0.25, 0.3) is 0 Å². The van der Waals surface area contributed by atoms with Crippen LogP contribution in [0.5, 0.6) is 0 Å². The Hall–Kier alpha value is -1.55. The quantitative estimate of drug-likeness (QED) is 0.745. The van der Waals surface area contributed by atoms with Gasteiger partial charge in [-0.15, -0.1) is 0 Å². The Kier molecular flexibility index (Phi) is 4.35. The molecule has 0 bridgehead atoms. The van der Waals surface area contributed by atoms with Gasteiger partial charge in [0.15, 0.2) is 0 Å². The number of aryl methyl sites for hydroxylation is 1. The SMILES string of the molecule is Cc1ccc(C(N)=O)c(NC(C)(CN)C(C)C)c1. The Balaban J connectivity index is 3.16. The highest BCUT2D eigenvalue weighted by molar-refractivity contribution is 5.98. The molecule has 1 aromatic carbocycles. The van der Waals surface area contributed by atoms with E-state index < -0.39 is 5.91 Å². The molecule has 0 radical (unpaired) electrons. The standard InChI is InChI=1S/C14H23N3O/c1-9(2)14(4,8-15)17-12-7-10(3)5-6-11(12)13(16)18/h5-7,9,17H,8,15H2,1-4H3,(H2,16,18). The number of nitrogens with two attached hydrogens (primary N) is 2. The third-order valence-corrected chi connectivity index (χ3v) is 3.56. The van der Waals surface area contributed by atoms with Crippen LogP contribution < -0.4 is 16.8 Å². The Morgan fingerprint density at radius 3 is 2.50 bits per heavy atom. The van der Waals surface area contributed by atoms with Gasteiger partial charge in [-0.05, 0) is 37.5 Å². The van der Waals surface area contributed by atoms with Crippen LogP contribution in [-0.4, -0.2) is 18.0 Å². The minimum absolute atomic E-state index is 0.266. The number of nitrogens with one attached hydrogen (secondary N) is 1. The lowest BCUT2D eigenvalue weighted by atomic mass is 9.88. The summed E-state index contributed by atoms with van der Waals surface area (Å²) in [4.78, 5) is 11.4. The van der Waals surface area contributed by atoms with Crippen molar-refractivity contribution in [3.8, 4) is 0 Å². The topological polar surface area (TPSA) is 81.1 Å². The molecule has 100 valence electrons. The number of carbonyl (C=O) groups is 1. The molecule has 1 rings (SSSR count). The second-order valence-electron chi connectivity index (χ2n) is 5.31. The van der Waals surface area contributed by atoms with Crippen molar-refractivity contribution in [1.29, 1.82) is 0 Å². The van der Waals surface area contributed by atoms with Crippen molar-refractivity contribution in [1.82, 2.24) is 0 Å². The van der Waals surface area contributed by atoms with Crippen LogP contribution in [0.15, 0.2) is 18.2 Å². The van der Waals surface area contributed by atoms with E-state index in [-0.39, 0.29) is 5.54 Å². The zero-order valence-corrected chi connectivity index (χ0v) is 11.6. The average molecular weight is 249 g/mol. The Morgan fingerprint density at radius 2 is 2.06 bits per heavy atom. The van der Waals surface area contributed by atoms with E-state index in [0.717, 1.165) is 11.3 Å². The van der Waals surface area contributed by atoms with Gasteiger partial charge in [0.05, 0.1) is 5.56 Å². The van der Waals surface area contributed by atoms with E-state index >= 15 is 0 Å². The molecule has 0 aliphatic heterocycles. The van der Waals surface area contributed by atoms with E-state index in [9.17, 15) is 4.79 Å². The van der Waals surface area contributed by atoms with Crippen molar-refractivity contribution >= 4 is 11.6 Å². The average Bonchev–Trinajstić information content (AvgIpc) is 2.28. The first-order chi connectivity index (χ1) is 8.30. The molecule has 0 aliphatic carbocycles. The maximum atomic E-state index is 11.4. The number of anilines is 1. The van der Waals surface area contributed by atoms with Crippen LogP contribution in [0.3, 0.4) is 0 Å². The lowest BCUT2D eigenvalue weighted by molar-refractivity contribution is 0.100. The molecule has 0 aliphatic rings. The van der Waals surface area contributed by atoms with Crippen LogP contribution in [0.4, 0.5) is 5.69 Å². The highest BCUT2D eigenvalue weighted by atomic mass is 16.1. The van der Waals surface area contributed by atoms with E-state index in [4.69, 9.17) is 11.5 Å². The predicted octanol–water partition coefficient (Wildman–Crippen LogP) is 1.88. The third-order valence-electron chi connectivity index (χ3n) is 3.56. The monoisotopic (exact) mass is 249 g/mol.